The predicted molar refractivity (Wildman–Crippen MR) is 63.4 cm³/mol. The molecule has 1 N–H and O–H groups in total. The minimum atomic E-state index is 0.334. The van der Waals surface area contributed by atoms with E-state index >= 15 is 0 Å². The van der Waals surface area contributed by atoms with E-state index in [1.807, 2.05) is 13.0 Å². The highest BCUT2D eigenvalue weighted by atomic mass is 16.5. The third-order valence-corrected chi connectivity index (χ3v) is 2.99. The lowest BCUT2D eigenvalue weighted by Gasteiger charge is -2.23. The van der Waals surface area contributed by atoms with Crippen LogP contribution in [0, 0.1) is 6.92 Å². The van der Waals surface area contributed by atoms with Gasteiger partial charge < -0.3 is 10.1 Å². The number of nitrogens with one attached hydrogen (secondary N) is 1. The Labute approximate surface area is 96.4 Å². The third kappa shape index (κ3) is 2.70. The van der Waals surface area contributed by atoms with Crippen molar-refractivity contribution in [3.05, 3.63) is 18.1 Å². The summed E-state index contributed by atoms with van der Waals surface area (Å²) in [5.74, 6) is 0.898. The van der Waals surface area contributed by atoms with E-state index in [4.69, 9.17) is 4.74 Å². The van der Waals surface area contributed by atoms with E-state index in [2.05, 4.69) is 22.2 Å². The Kier molecular flexibility index (Phi) is 3.72. The van der Waals surface area contributed by atoms with E-state index in [0.29, 0.717) is 12.1 Å². The average molecular weight is 221 g/mol. The molecule has 2 rings (SSSR count). The van der Waals surface area contributed by atoms with E-state index in [0.717, 1.165) is 31.0 Å². The summed E-state index contributed by atoms with van der Waals surface area (Å²) in [4.78, 5) is 8.31. The zero-order valence-corrected chi connectivity index (χ0v) is 9.94. The monoisotopic (exact) mass is 221 g/mol. The van der Waals surface area contributed by atoms with Crippen LogP contribution in [0.5, 0.6) is 0 Å². The van der Waals surface area contributed by atoms with Gasteiger partial charge in [-0.05, 0) is 26.2 Å². The van der Waals surface area contributed by atoms with Crippen LogP contribution in [0.3, 0.4) is 0 Å². The zero-order valence-electron chi connectivity index (χ0n) is 9.94. The van der Waals surface area contributed by atoms with Gasteiger partial charge in [-0.2, -0.15) is 0 Å². The molecule has 0 aromatic carbocycles. The number of anilines is 1. The molecule has 0 amide bonds. The molecule has 16 heavy (non-hydrogen) atoms. The van der Waals surface area contributed by atoms with Crippen LogP contribution < -0.4 is 5.32 Å². The van der Waals surface area contributed by atoms with Gasteiger partial charge in [-0.25, -0.2) is 9.97 Å². The van der Waals surface area contributed by atoms with E-state index in [1.54, 1.807) is 6.33 Å². The second kappa shape index (κ2) is 5.25. The molecular formula is C12H19N3O. The lowest BCUT2D eigenvalue weighted by Crippen LogP contribution is -2.32. The minimum Gasteiger partial charge on any atom is -0.376 e. The summed E-state index contributed by atoms with van der Waals surface area (Å²) in [6.45, 7) is 5.04. The van der Waals surface area contributed by atoms with Gasteiger partial charge in [0, 0.05) is 18.4 Å². The molecule has 2 atom stereocenters. The van der Waals surface area contributed by atoms with E-state index in [-0.39, 0.29) is 0 Å². The third-order valence-electron chi connectivity index (χ3n) is 2.99. The fourth-order valence-electron chi connectivity index (χ4n) is 2.10. The van der Waals surface area contributed by atoms with Crippen molar-refractivity contribution >= 4 is 5.82 Å². The SMILES string of the molecule is CCC(Nc1cc(C)ncn1)C1CCCO1. The van der Waals surface area contributed by atoms with Crippen molar-refractivity contribution in [3.63, 3.8) is 0 Å². The van der Waals surface area contributed by atoms with Crippen LogP contribution in [0.1, 0.15) is 31.9 Å². The summed E-state index contributed by atoms with van der Waals surface area (Å²) in [7, 11) is 0. The molecule has 0 radical (unpaired) electrons. The van der Waals surface area contributed by atoms with Crippen LogP contribution in [-0.2, 0) is 4.74 Å². The predicted octanol–water partition coefficient (Wildman–Crippen LogP) is 2.15. The van der Waals surface area contributed by atoms with Gasteiger partial charge in [-0.3, -0.25) is 0 Å². The van der Waals surface area contributed by atoms with Gasteiger partial charge in [0.1, 0.15) is 12.1 Å². The van der Waals surface area contributed by atoms with Gasteiger partial charge >= 0.3 is 0 Å². The van der Waals surface area contributed by atoms with Crippen molar-refractivity contribution in [3.8, 4) is 0 Å². The van der Waals surface area contributed by atoms with Gasteiger partial charge in [0.15, 0.2) is 0 Å². The summed E-state index contributed by atoms with van der Waals surface area (Å²) in [5.41, 5.74) is 0.986. The van der Waals surface area contributed by atoms with Gasteiger partial charge in [0.2, 0.25) is 0 Å². The zero-order chi connectivity index (χ0) is 11.4. The first-order valence-electron chi connectivity index (χ1n) is 5.96. The van der Waals surface area contributed by atoms with Crippen LogP contribution in [-0.4, -0.2) is 28.7 Å². The number of ether oxygens (including phenoxy) is 1. The lowest BCUT2D eigenvalue weighted by molar-refractivity contribution is 0.0942. The highest BCUT2D eigenvalue weighted by Crippen LogP contribution is 2.20. The maximum Gasteiger partial charge on any atom is 0.129 e. The second-order valence-electron chi connectivity index (χ2n) is 4.26. The summed E-state index contributed by atoms with van der Waals surface area (Å²) >= 11 is 0. The molecule has 4 heteroatoms. The Morgan fingerprint density at radius 3 is 3.06 bits per heavy atom. The van der Waals surface area contributed by atoms with Gasteiger partial charge in [-0.1, -0.05) is 6.92 Å². The van der Waals surface area contributed by atoms with Gasteiger partial charge in [0.05, 0.1) is 12.1 Å². The Hall–Kier alpha value is -1.16. The normalized spacial score (nSPS) is 22.0. The fraction of sp³-hybridized carbons (Fsp3) is 0.667. The first kappa shape index (κ1) is 11.3. The Morgan fingerprint density at radius 2 is 2.44 bits per heavy atom. The first-order valence-corrected chi connectivity index (χ1v) is 5.96. The van der Waals surface area contributed by atoms with Crippen molar-refractivity contribution < 1.29 is 4.74 Å². The molecule has 88 valence electrons. The van der Waals surface area contributed by atoms with Gasteiger partial charge in [-0.15, -0.1) is 0 Å². The molecule has 1 aliphatic rings. The Bertz CT molecular complexity index is 337. The first-order chi connectivity index (χ1) is 7.79. The Balaban J connectivity index is 2.00. The number of nitrogens with zero attached hydrogens (tertiary/aromatic N) is 2. The highest BCUT2D eigenvalue weighted by Gasteiger charge is 2.24. The molecule has 1 aromatic rings. The number of aromatic nitrogens is 2. The smallest absolute Gasteiger partial charge is 0.129 e. The second-order valence-corrected chi connectivity index (χ2v) is 4.26. The van der Waals surface area contributed by atoms with Crippen LogP contribution >= 0.6 is 0 Å². The van der Waals surface area contributed by atoms with E-state index in [1.165, 1.54) is 6.42 Å². The summed E-state index contributed by atoms with van der Waals surface area (Å²) < 4.78 is 5.70. The molecule has 1 aromatic heterocycles. The molecule has 0 bridgehead atoms. The van der Waals surface area contributed by atoms with Crippen molar-refractivity contribution in [2.45, 2.75) is 45.3 Å². The molecule has 0 aliphatic carbocycles. The average Bonchev–Trinajstić information content (AvgIpc) is 2.79. The quantitative estimate of drug-likeness (QED) is 0.846. The lowest BCUT2D eigenvalue weighted by atomic mass is 10.1. The number of hydrogen-bond donors (Lipinski definition) is 1. The standard InChI is InChI=1S/C12H19N3O/c1-3-10(11-5-4-6-16-11)15-12-7-9(2)13-8-14-12/h7-8,10-11H,3-6H2,1-2H3,(H,13,14,15). The molecule has 0 saturated carbocycles. The van der Waals surface area contributed by atoms with Crippen molar-refractivity contribution in [1.29, 1.82) is 0 Å². The number of aryl methyl sites for hydroxylation is 1. The maximum atomic E-state index is 5.70. The molecule has 1 saturated heterocycles. The minimum absolute atomic E-state index is 0.334. The summed E-state index contributed by atoms with van der Waals surface area (Å²) in [5, 5.41) is 3.44. The molecule has 1 aliphatic heterocycles. The fourth-order valence-corrected chi connectivity index (χ4v) is 2.10. The molecule has 0 spiro atoms. The molecule has 2 unspecified atom stereocenters. The van der Waals surface area contributed by atoms with Crippen LogP contribution in [0.4, 0.5) is 5.82 Å². The van der Waals surface area contributed by atoms with Crippen molar-refractivity contribution in [1.82, 2.24) is 9.97 Å². The molecule has 4 nitrogen and oxygen atoms in total. The van der Waals surface area contributed by atoms with Crippen LogP contribution in [0.25, 0.3) is 0 Å². The Morgan fingerprint density at radius 1 is 1.56 bits per heavy atom. The maximum absolute atomic E-state index is 5.70. The van der Waals surface area contributed by atoms with E-state index < -0.39 is 0 Å². The molecule has 1 fully saturated rings. The molecular weight excluding hydrogens is 202 g/mol. The number of hydrogen-bond acceptors (Lipinski definition) is 4. The summed E-state index contributed by atoms with van der Waals surface area (Å²) in [6.07, 6.45) is 5.30. The topological polar surface area (TPSA) is 47.0 Å². The van der Waals surface area contributed by atoms with Crippen molar-refractivity contribution in [2.75, 3.05) is 11.9 Å². The van der Waals surface area contributed by atoms with E-state index in [9.17, 15) is 0 Å². The number of rotatable bonds is 4. The largest absolute Gasteiger partial charge is 0.376 e. The van der Waals surface area contributed by atoms with Crippen molar-refractivity contribution in [2.24, 2.45) is 0 Å². The van der Waals surface area contributed by atoms with Gasteiger partial charge in [0.25, 0.3) is 0 Å². The summed E-state index contributed by atoms with van der Waals surface area (Å²) in [6, 6.07) is 2.33. The molecule has 2 heterocycles. The van der Waals surface area contributed by atoms with Crippen LogP contribution in [0.15, 0.2) is 12.4 Å². The van der Waals surface area contributed by atoms with Crippen LogP contribution in [0.2, 0.25) is 0 Å². The highest BCUT2D eigenvalue weighted by molar-refractivity contribution is 5.36.